The number of ether oxygens (including phenoxy) is 2. The molecular weight excluding hydrogens is 542 g/mol. The Morgan fingerprint density at radius 3 is 2.02 bits per heavy atom. The summed E-state index contributed by atoms with van der Waals surface area (Å²) in [6.07, 6.45) is -0.320. The number of nitrogens with one attached hydrogen (secondary N) is 2. The van der Waals surface area contributed by atoms with Crippen LogP contribution in [-0.2, 0) is 30.3 Å². The van der Waals surface area contributed by atoms with E-state index in [-0.39, 0.29) is 37.5 Å². The number of hydrogen-bond acceptors (Lipinski definition) is 8. The minimum Gasteiger partial charge on any atom is -0.508 e. The Hall–Kier alpha value is -4.28. The van der Waals surface area contributed by atoms with Gasteiger partial charge in [0.1, 0.15) is 29.2 Å². The first-order valence-corrected chi connectivity index (χ1v) is 14.1. The Labute approximate surface area is 247 Å². The minimum atomic E-state index is -1.15. The van der Waals surface area contributed by atoms with E-state index in [4.69, 9.17) is 9.47 Å². The van der Waals surface area contributed by atoms with Crippen LogP contribution in [0, 0.1) is 0 Å². The predicted molar refractivity (Wildman–Crippen MR) is 157 cm³/mol. The van der Waals surface area contributed by atoms with Crippen molar-refractivity contribution in [3.63, 3.8) is 0 Å². The molecule has 0 fully saturated rings. The number of carbonyl (C=O) groups is 4. The summed E-state index contributed by atoms with van der Waals surface area (Å²) in [5, 5.41) is 25.0. The minimum absolute atomic E-state index is 0.0120. The maximum Gasteiger partial charge on any atom is 0.408 e. The summed E-state index contributed by atoms with van der Waals surface area (Å²) >= 11 is 0. The van der Waals surface area contributed by atoms with Gasteiger partial charge in [-0.2, -0.15) is 0 Å². The highest BCUT2D eigenvalue weighted by Gasteiger charge is 2.38. The average molecular weight is 586 g/mol. The van der Waals surface area contributed by atoms with Crippen molar-refractivity contribution >= 4 is 23.9 Å². The molecule has 0 spiro atoms. The van der Waals surface area contributed by atoms with Crippen LogP contribution in [0.2, 0.25) is 0 Å². The van der Waals surface area contributed by atoms with Crippen LogP contribution < -0.4 is 10.6 Å². The zero-order valence-corrected chi connectivity index (χ0v) is 25.2. The number of alkyl carbamates (subject to hydrolysis) is 1. The van der Waals surface area contributed by atoms with Crippen LogP contribution in [0.4, 0.5) is 4.79 Å². The smallest absolute Gasteiger partial charge is 0.408 e. The molecule has 0 aliphatic rings. The van der Waals surface area contributed by atoms with Crippen LogP contribution in [-0.4, -0.2) is 69.8 Å². The van der Waals surface area contributed by atoms with E-state index < -0.39 is 47.6 Å². The number of nitrogens with zero attached hydrogens (tertiary/aromatic N) is 1. The van der Waals surface area contributed by atoms with Gasteiger partial charge in [0.2, 0.25) is 11.8 Å². The first-order valence-electron chi connectivity index (χ1n) is 14.1. The topological polar surface area (TPSA) is 154 Å². The summed E-state index contributed by atoms with van der Waals surface area (Å²) in [6, 6.07) is 9.41. The van der Waals surface area contributed by atoms with Crippen molar-refractivity contribution in [1.82, 2.24) is 15.5 Å². The Morgan fingerprint density at radius 2 is 1.50 bits per heavy atom. The lowest BCUT2D eigenvalue weighted by Crippen LogP contribution is -2.56. The first kappa shape index (κ1) is 33.9. The number of rotatable bonds is 13. The van der Waals surface area contributed by atoms with E-state index in [1.807, 2.05) is 6.92 Å². The van der Waals surface area contributed by atoms with E-state index >= 15 is 0 Å². The van der Waals surface area contributed by atoms with Gasteiger partial charge in [0.15, 0.2) is 0 Å². The first-order chi connectivity index (χ1) is 19.7. The summed E-state index contributed by atoms with van der Waals surface area (Å²) < 4.78 is 10.4. The standard InChI is InChI=1S/C31H43N3O8/c1-7-20(3)34(27(22-11-15-24(36)16-12-22)28(38)32-18-17-26(37)41-8-2)29(39)25(33-30(40)42-31(4,5)6)19-21-9-13-23(35)14-10-21/h9-16,20,25,27,35-36H,7-8,17-19H2,1-6H3,(H,32,38)(H,33,40). The molecule has 4 N–H and O–H groups in total. The summed E-state index contributed by atoms with van der Waals surface area (Å²) in [6.45, 7) is 10.7. The summed E-state index contributed by atoms with van der Waals surface area (Å²) in [7, 11) is 0. The molecule has 0 saturated carbocycles. The molecule has 0 aliphatic heterocycles. The molecule has 11 heteroatoms. The number of phenols is 2. The SMILES string of the molecule is CCOC(=O)CCNC(=O)C(c1ccc(O)cc1)N(C(=O)C(Cc1ccc(O)cc1)NC(=O)OC(C)(C)C)C(C)CC. The highest BCUT2D eigenvalue weighted by atomic mass is 16.6. The van der Waals surface area contributed by atoms with E-state index in [2.05, 4.69) is 10.6 Å². The second kappa shape index (κ2) is 15.6. The van der Waals surface area contributed by atoms with Gasteiger partial charge in [-0.3, -0.25) is 14.4 Å². The second-order valence-electron chi connectivity index (χ2n) is 10.9. The molecule has 2 rings (SSSR count). The Balaban J connectivity index is 2.52. The monoisotopic (exact) mass is 585 g/mol. The van der Waals surface area contributed by atoms with Crippen molar-refractivity contribution in [3.05, 3.63) is 59.7 Å². The van der Waals surface area contributed by atoms with Gasteiger partial charge in [0.25, 0.3) is 0 Å². The Kier molecular flexibility index (Phi) is 12.6. The fraction of sp³-hybridized carbons (Fsp3) is 0.484. The van der Waals surface area contributed by atoms with Gasteiger partial charge < -0.3 is 35.2 Å². The third-order valence-electron chi connectivity index (χ3n) is 6.35. The molecule has 2 aromatic rings. The third-order valence-corrected chi connectivity index (χ3v) is 6.35. The van der Waals surface area contributed by atoms with Gasteiger partial charge in [0.05, 0.1) is 13.0 Å². The zero-order valence-electron chi connectivity index (χ0n) is 25.2. The molecule has 0 aromatic heterocycles. The van der Waals surface area contributed by atoms with E-state index in [1.165, 1.54) is 29.2 Å². The Morgan fingerprint density at radius 1 is 0.929 bits per heavy atom. The van der Waals surface area contributed by atoms with Crippen LogP contribution in [0.1, 0.15) is 71.6 Å². The van der Waals surface area contributed by atoms with E-state index in [0.29, 0.717) is 17.5 Å². The number of benzene rings is 2. The number of aromatic hydroxyl groups is 2. The number of carbonyl (C=O) groups excluding carboxylic acids is 4. The molecular formula is C31H43N3O8. The lowest BCUT2D eigenvalue weighted by molar-refractivity contribution is -0.146. The van der Waals surface area contributed by atoms with Crippen molar-refractivity contribution in [3.8, 4) is 11.5 Å². The molecule has 0 saturated heterocycles. The molecule has 230 valence electrons. The number of esters is 1. The molecule has 2 aromatic carbocycles. The fourth-order valence-electron chi connectivity index (χ4n) is 4.21. The van der Waals surface area contributed by atoms with Gasteiger partial charge in [0, 0.05) is 19.0 Å². The van der Waals surface area contributed by atoms with Gasteiger partial charge in [-0.05, 0) is 76.4 Å². The molecule has 3 atom stereocenters. The summed E-state index contributed by atoms with van der Waals surface area (Å²) in [4.78, 5) is 54.2. The molecule has 3 amide bonds. The van der Waals surface area contributed by atoms with Crippen molar-refractivity contribution in [2.45, 2.75) is 84.5 Å². The summed E-state index contributed by atoms with van der Waals surface area (Å²) in [5.74, 6) is -1.51. The van der Waals surface area contributed by atoms with E-state index in [9.17, 15) is 29.4 Å². The number of amides is 3. The molecule has 42 heavy (non-hydrogen) atoms. The van der Waals surface area contributed by atoms with Crippen LogP contribution >= 0.6 is 0 Å². The van der Waals surface area contributed by atoms with Crippen molar-refractivity contribution in [2.75, 3.05) is 13.2 Å². The highest BCUT2D eigenvalue weighted by Crippen LogP contribution is 2.28. The molecule has 0 radical (unpaired) electrons. The lowest BCUT2D eigenvalue weighted by Gasteiger charge is -2.38. The molecule has 11 nitrogen and oxygen atoms in total. The van der Waals surface area contributed by atoms with Crippen LogP contribution in [0.15, 0.2) is 48.5 Å². The largest absolute Gasteiger partial charge is 0.508 e. The average Bonchev–Trinajstić information content (AvgIpc) is 2.91. The fourth-order valence-corrected chi connectivity index (χ4v) is 4.21. The van der Waals surface area contributed by atoms with Crippen LogP contribution in [0.3, 0.4) is 0 Å². The molecule has 0 bridgehead atoms. The van der Waals surface area contributed by atoms with Gasteiger partial charge in [-0.1, -0.05) is 31.2 Å². The Bertz CT molecular complexity index is 1190. The zero-order chi connectivity index (χ0) is 31.4. The third kappa shape index (κ3) is 10.6. The maximum absolute atomic E-state index is 14.4. The number of hydrogen-bond donors (Lipinski definition) is 4. The van der Waals surface area contributed by atoms with Gasteiger partial charge in [-0.15, -0.1) is 0 Å². The predicted octanol–water partition coefficient (Wildman–Crippen LogP) is 3.97. The van der Waals surface area contributed by atoms with E-state index in [0.717, 1.165) is 0 Å². The van der Waals surface area contributed by atoms with Crippen LogP contribution in [0.5, 0.6) is 11.5 Å². The molecule has 3 unspecified atom stereocenters. The van der Waals surface area contributed by atoms with Crippen molar-refractivity contribution < 1.29 is 38.9 Å². The second-order valence-corrected chi connectivity index (χ2v) is 10.9. The van der Waals surface area contributed by atoms with Crippen molar-refractivity contribution in [2.24, 2.45) is 0 Å². The molecule has 0 heterocycles. The van der Waals surface area contributed by atoms with E-state index in [1.54, 1.807) is 58.9 Å². The summed E-state index contributed by atoms with van der Waals surface area (Å²) in [5.41, 5.74) is 0.266. The normalized spacial score (nSPS) is 13.3. The van der Waals surface area contributed by atoms with Gasteiger partial charge in [-0.25, -0.2) is 4.79 Å². The lowest BCUT2D eigenvalue weighted by atomic mass is 9.98. The van der Waals surface area contributed by atoms with Gasteiger partial charge >= 0.3 is 12.1 Å². The quantitative estimate of drug-likeness (QED) is 0.258. The van der Waals surface area contributed by atoms with Crippen molar-refractivity contribution in [1.29, 1.82) is 0 Å². The maximum atomic E-state index is 14.4. The van der Waals surface area contributed by atoms with Crippen LogP contribution in [0.25, 0.3) is 0 Å². The molecule has 0 aliphatic carbocycles. The highest BCUT2D eigenvalue weighted by molar-refractivity contribution is 5.92. The number of phenolic OH excluding ortho intramolecular Hbond substituents is 2.